The zero-order chi connectivity index (χ0) is 20.5. The van der Waals surface area contributed by atoms with Gasteiger partial charge in [-0.1, -0.05) is 30.3 Å². The van der Waals surface area contributed by atoms with Crippen LogP contribution in [0.3, 0.4) is 0 Å². The first-order valence-corrected chi connectivity index (χ1v) is 10.7. The lowest BCUT2D eigenvalue weighted by molar-refractivity contribution is 0.0691. The number of aromatic carboxylic acids is 1. The highest BCUT2D eigenvalue weighted by Crippen LogP contribution is 2.32. The molecule has 7 nitrogen and oxygen atoms in total. The lowest BCUT2D eigenvalue weighted by atomic mass is 10.1. The van der Waals surface area contributed by atoms with Crippen LogP contribution in [-0.4, -0.2) is 45.6 Å². The van der Waals surface area contributed by atoms with E-state index in [-0.39, 0.29) is 5.69 Å². The second kappa shape index (κ2) is 7.89. The highest BCUT2D eigenvalue weighted by molar-refractivity contribution is 7.12. The summed E-state index contributed by atoms with van der Waals surface area (Å²) in [6.07, 6.45) is 1.07. The largest absolute Gasteiger partial charge is 0.476 e. The number of hydrogen-bond donors (Lipinski definition) is 2. The van der Waals surface area contributed by atoms with E-state index in [0.29, 0.717) is 11.0 Å². The van der Waals surface area contributed by atoms with Crippen molar-refractivity contribution in [3.05, 3.63) is 59.6 Å². The van der Waals surface area contributed by atoms with Crippen molar-refractivity contribution in [2.45, 2.75) is 6.42 Å². The number of ether oxygens (including phenoxy) is 1. The van der Waals surface area contributed by atoms with Gasteiger partial charge in [-0.3, -0.25) is 0 Å². The monoisotopic (exact) mass is 420 g/mol. The summed E-state index contributed by atoms with van der Waals surface area (Å²) in [5.41, 5.74) is 3.74. The molecule has 30 heavy (non-hydrogen) atoms. The minimum Gasteiger partial charge on any atom is -0.476 e. The lowest BCUT2D eigenvalue weighted by Crippen LogP contribution is -2.14. The third-order valence-electron chi connectivity index (χ3n) is 5.24. The Kier molecular flexibility index (Phi) is 4.94. The molecule has 0 aliphatic carbocycles. The number of aromatic nitrogens is 3. The van der Waals surface area contributed by atoms with E-state index in [1.165, 1.54) is 16.7 Å². The predicted octanol–water partition coefficient (Wildman–Crippen LogP) is 4.30. The standard InChI is InChI=1S/C22H20N4O3S/c27-21(28)18-13-30-22(24-18)26-19-10-16(23-11-14-8-9-29-12-14)6-7-17(19)20(25-26)15-4-2-1-3-5-15/h1-7,10,13-14,23H,8-9,11-12H2,(H,27,28). The van der Waals surface area contributed by atoms with E-state index in [0.717, 1.165) is 54.0 Å². The van der Waals surface area contributed by atoms with Crippen LogP contribution < -0.4 is 5.32 Å². The van der Waals surface area contributed by atoms with E-state index in [4.69, 9.17) is 9.84 Å². The average molecular weight is 420 g/mol. The molecule has 2 aromatic carbocycles. The SMILES string of the molecule is O=C(O)c1csc(-n2nc(-c3ccccc3)c3ccc(NCC4CCOC4)cc32)n1. The zero-order valence-corrected chi connectivity index (χ0v) is 16.9. The molecule has 5 rings (SSSR count). The van der Waals surface area contributed by atoms with E-state index in [1.807, 2.05) is 36.4 Å². The smallest absolute Gasteiger partial charge is 0.355 e. The quantitative estimate of drug-likeness (QED) is 0.484. The van der Waals surface area contributed by atoms with Gasteiger partial charge in [0, 0.05) is 41.1 Å². The summed E-state index contributed by atoms with van der Waals surface area (Å²) in [4.78, 5) is 15.6. The van der Waals surface area contributed by atoms with Crippen molar-refractivity contribution in [3.8, 4) is 16.4 Å². The third-order valence-corrected chi connectivity index (χ3v) is 6.06. The Balaban J connectivity index is 1.58. The first kappa shape index (κ1) is 18.8. The molecule has 3 heterocycles. The maximum Gasteiger partial charge on any atom is 0.355 e. The fourth-order valence-electron chi connectivity index (χ4n) is 3.65. The molecule has 1 aliphatic heterocycles. The van der Waals surface area contributed by atoms with Crippen LogP contribution in [0.2, 0.25) is 0 Å². The molecule has 1 atom stereocenters. The average Bonchev–Trinajstić information content (AvgIpc) is 3.52. The molecule has 0 spiro atoms. The molecule has 4 aromatic rings. The van der Waals surface area contributed by atoms with E-state index in [9.17, 15) is 9.90 Å². The number of nitrogens with one attached hydrogen (secondary N) is 1. The Hall–Kier alpha value is -3.23. The number of benzene rings is 2. The van der Waals surface area contributed by atoms with E-state index >= 15 is 0 Å². The summed E-state index contributed by atoms with van der Waals surface area (Å²) in [6, 6.07) is 16.1. The Morgan fingerprint density at radius 2 is 2.13 bits per heavy atom. The number of nitrogens with zero attached hydrogens (tertiary/aromatic N) is 3. The minimum atomic E-state index is -1.04. The summed E-state index contributed by atoms with van der Waals surface area (Å²) in [7, 11) is 0. The van der Waals surface area contributed by atoms with Crippen LogP contribution in [0.25, 0.3) is 27.3 Å². The van der Waals surface area contributed by atoms with Gasteiger partial charge in [0.2, 0.25) is 5.13 Å². The number of fused-ring (bicyclic) bond motifs is 1. The molecule has 0 radical (unpaired) electrons. The Morgan fingerprint density at radius 3 is 2.87 bits per heavy atom. The molecule has 0 bridgehead atoms. The Bertz CT molecular complexity index is 1200. The molecule has 152 valence electrons. The van der Waals surface area contributed by atoms with Crippen molar-refractivity contribution in [1.82, 2.24) is 14.8 Å². The van der Waals surface area contributed by atoms with Crippen LogP contribution in [0.1, 0.15) is 16.9 Å². The van der Waals surface area contributed by atoms with Crippen LogP contribution in [0.5, 0.6) is 0 Å². The van der Waals surface area contributed by atoms with Crippen molar-refractivity contribution in [1.29, 1.82) is 0 Å². The summed E-state index contributed by atoms with van der Waals surface area (Å²) >= 11 is 1.27. The van der Waals surface area contributed by atoms with Gasteiger partial charge in [0.05, 0.1) is 12.1 Å². The number of hydrogen-bond acceptors (Lipinski definition) is 6. The lowest BCUT2D eigenvalue weighted by Gasteiger charge is -2.11. The third kappa shape index (κ3) is 3.55. The molecule has 2 N–H and O–H groups in total. The van der Waals surface area contributed by atoms with Crippen LogP contribution in [0.4, 0.5) is 5.69 Å². The first-order chi connectivity index (χ1) is 14.7. The maximum absolute atomic E-state index is 11.3. The number of anilines is 1. The van der Waals surface area contributed by atoms with Gasteiger partial charge in [-0.25, -0.2) is 14.5 Å². The van der Waals surface area contributed by atoms with Crippen molar-refractivity contribution in [2.24, 2.45) is 5.92 Å². The van der Waals surface area contributed by atoms with Gasteiger partial charge in [0.1, 0.15) is 5.69 Å². The number of carboxylic acid groups (broad SMARTS) is 1. The number of carboxylic acids is 1. The topological polar surface area (TPSA) is 89.3 Å². The van der Waals surface area contributed by atoms with Gasteiger partial charge < -0.3 is 15.2 Å². The van der Waals surface area contributed by atoms with Crippen LogP contribution in [-0.2, 0) is 4.74 Å². The summed E-state index contributed by atoms with van der Waals surface area (Å²) in [5, 5.41) is 20.6. The second-order valence-electron chi connectivity index (χ2n) is 7.29. The van der Waals surface area contributed by atoms with Crippen LogP contribution in [0.15, 0.2) is 53.9 Å². The van der Waals surface area contributed by atoms with Crippen molar-refractivity contribution in [2.75, 3.05) is 25.1 Å². The Labute approximate surface area is 176 Å². The molecular weight excluding hydrogens is 400 g/mol. The van der Waals surface area contributed by atoms with Crippen LogP contribution >= 0.6 is 11.3 Å². The highest BCUT2D eigenvalue weighted by Gasteiger charge is 2.19. The first-order valence-electron chi connectivity index (χ1n) is 9.78. The van der Waals surface area contributed by atoms with Gasteiger partial charge in [0.15, 0.2) is 5.69 Å². The number of carbonyl (C=O) groups is 1. The maximum atomic E-state index is 11.3. The van der Waals surface area contributed by atoms with Gasteiger partial charge in [0.25, 0.3) is 0 Å². The fraction of sp³-hybridized carbons (Fsp3) is 0.227. The van der Waals surface area contributed by atoms with Crippen molar-refractivity contribution >= 4 is 33.9 Å². The summed E-state index contributed by atoms with van der Waals surface area (Å²) in [6.45, 7) is 2.47. The fourth-order valence-corrected chi connectivity index (χ4v) is 4.41. The summed E-state index contributed by atoms with van der Waals surface area (Å²) in [5.74, 6) is -0.527. The molecular formula is C22H20N4O3S. The van der Waals surface area contributed by atoms with Crippen LogP contribution in [0, 0.1) is 5.92 Å². The number of rotatable bonds is 6. The second-order valence-corrected chi connectivity index (χ2v) is 8.13. The van der Waals surface area contributed by atoms with Gasteiger partial charge in [-0.15, -0.1) is 11.3 Å². The van der Waals surface area contributed by atoms with Gasteiger partial charge in [-0.2, -0.15) is 5.10 Å². The highest BCUT2D eigenvalue weighted by atomic mass is 32.1. The molecule has 8 heteroatoms. The molecule has 1 unspecified atom stereocenters. The molecule has 0 saturated carbocycles. The normalized spacial score (nSPS) is 16.2. The van der Waals surface area contributed by atoms with Gasteiger partial charge >= 0.3 is 5.97 Å². The zero-order valence-electron chi connectivity index (χ0n) is 16.1. The summed E-state index contributed by atoms with van der Waals surface area (Å²) < 4.78 is 7.19. The van der Waals surface area contributed by atoms with Crippen molar-refractivity contribution < 1.29 is 14.6 Å². The molecule has 1 aliphatic rings. The van der Waals surface area contributed by atoms with E-state index in [1.54, 1.807) is 4.68 Å². The Morgan fingerprint density at radius 1 is 1.27 bits per heavy atom. The molecule has 1 fully saturated rings. The molecule has 0 amide bonds. The number of thiazole rings is 1. The van der Waals surface area contributed by atoms with E-state index in [2.05, 4.69) is 22.4 Å². The molecule has 1 saturated heterocycles. The molecule has 2 aromatic heterocycles. The van der Waals surface area contributed by atoms with Crippen molar-refractivity contribution in [3.63, 3.8) is 0 Å². The predicted molar refractivity (Wildman–Crippen MR) is 117 cm³/mol. The van der Waals surface area contributed by atoms with E-state index < -0.39 is 5.97 Å². The van der Waals surface area contributed by atoms with Gasteiger partial charge in [-0.05, 0) is 24.6 Å². The minimum absolute atomic E-state index is 0.0235.